The van der Waals surface area contributed by atoms with Gasteiger partial charge in [-0.25, -0.2) is 0 Å². The molecule has 2 aliphatic heterocycles. The quantitative estimate of drug-likeness (QED) is 0.137. The Kier molecular flexibility index (Phi) is 11.6. The third kappa shape index (κ3) is 8.95. The maximum Gasteiger partial charge on any atom is 0.394 e. The van der Waals surface area contributed by atoms with Crippen LogP contribution < -0.4 is 28.3 Å². The number of hydrogen-bond acceptors (Lipinski definition) is 14. The van der Waals surface area contributed by atoms with Crippen LogP contribution in [0.25, 0.3) is 0 Å². The molecule has 0 unspecified atom stereocenters. The van der Waals surface area contributed by atoms with Gasteiger partial charge in [-0.15, -0.1) is 0 Å². The zero-order valence-corrected chi connectivity index (χ0v) is 22.0. The number of nitrogens with two attached hydrogens (primary N) is 4. The van der Waals surface area contributed by atoms with Crippen LogP contribution in [-0.2, 0) is 29.3 Å². The topological polar surface area (TPSA) is 288 Å². The van der Waals surface area contributed by atoms with Crippen LogP contribution in [-0.4, -0.2) is 125 Å². The highest BCUT2D eigenvalue weighted by Crippen LogP contribution is 2.31. The summed E-state index contributed by atoms with van der Waals surface area (Å²) < 4.78 is 55.0. The van der Waals surface area contributed by atoms with E-state index in [4.69, 9.17) is 59.4 Å². The van der Waals surface area contributed by atoms with Crippen LogP contribution in [0.4, 0.5) is 0 Å². The summed E-state index contributed by atoms with van der Waals surface area (Å²) in [6, 6.07) is -2.47. The molecule has 0 spiro atoms. The van der Waals surface area contributed by atoms with E-state index in [1.165, 1.54) is 0 Å². The molecule has 0 aromatic carbocycles. The van der Waals surface area contributed by atoms with Crippen LogP contribution in [0.3, 0.4) is 0 Å². The Hall–Kier alpha value is -0.610. The van der Waals surface area contributed by atoms with E-state index in [9.17, 15) is 15.3 Å². The lowest BCUT2D eigenvalue weighted by Crippen LogP contribution is -2.68. The van der Waals surface area contributed by atoms with E-state index < -0.39 is 71.1 Å². The van der Waals surface area contributed by atoms with Gasteiger partial charge in [0.15, 0.2) is 12.6 Å². The first-order valence-corrected chi connectivity index (χ1v) is 13.4. The van der Waals surface area contributed by atoms with Crippen LogP contribution in [0.2, 0.25) is 0 Å². The number of nitrogens with one attached hydrogen (secondary N) is 1. The second-order valence-corrected chi connectivity index (χ2v) is 11.0. The molecule has 3 fully saturated rings. The molecule has 14 N–H and O–H groups in total. The van der Waals surface area contributed by atoms with Gasteiger partial charge in [0.2, 0.25) is 0 Å². The van der Waals surface area contributed by atoms with Crippen molar-refractivity contribution in [1.29, 1.82) is 0 Å². The number of rotatable bonds is 6. The molecule has 0 bridgehead atoms. The van der Waals surface area contributed by atoms with E-state index in [2.05, 4.69) is 5.32 Å². The summed E-state index contributed by atoms with van der Waals surface area (Å²) >= 11 is 0. The maximum atomic E-state index is 11.1. The Morgan fingerprint density at radius 2 is 1.51 bits per heavy atom. The van der Waals surface area contributed by atoms with Crippen molar-refractivity contribution in [3.05, 3.63) is 0 Å². The Balaban J connectivity index is 0.000000877. The molecule has 3 aliphatic rings. The van der Waals surface area contributed by atoms with Crippen molar-refractivity contribution in [2.45, 2.75) is 112 Å². The van der Waals surface area contributed by atoms with Crippen LogP contribution >= 0.6 is 0 Å². The number of aliphatic hydroxyl groups is 3. The lowest BCUT2D eigenvalue weighted by molar-refractivity contribution is -0.307. The standard InChI is InChI=1S/C20H41N5O7.H2O4S/c1-8(21)12-5-4-9(22)18(30-12)31-15-10(23)6-11(24)16(13(15)26)32-19-14(27)17(25-3)20(2,28)7-29-19;1-5(2,3)4/h8-19,25-28H,4-7,21-24H2,1-3H3;(H2,1,2,3,4)/t8-,9+,10-,11+,12-,13-,14+,15+,16-,17+,18+,19+,20-;/m0./s1. The van der Waals surface area contributed by atoms with Crippen LogP contribution in [0.1, 0.15) is 33.1 Å². The fourth-order valence-electron chi connectivity index (χ4n) is 4.87. The van der Waals surface area contributed by atoms with Gasteiger partial charge in [-0.05, 0) is 40.2 Å². The predicted octanol–water partition coefficient (Wildman–Crippen LogP) is -4.24. The molecule has 220 valence electrons. The molecule has 0 aromatic heterocycles. The molecule has 1 saturated carbocycles. The maximum absolute atomic E-state index is 11.1. The van der Waals surface area contributed by atoms with E-state index in [1.54, 1.807) is 14.0 Å². The third-order valence-electron chi connectivity index (χ3n) is 6.81. The van der Waals surface area contributed by atoms with E-state index >= 15 is 0 Å². The summed E-state index contributed by atoms with van der Waals surface area (Å²) in [5.74, 6) is 0. The van der Waals surface area contributed by atoms with Gasteiger partial charge < -0.3 is 62.5 Å². The minimum atomic E-state index is -4.67. The van der Waals surface area contributed by atoms with Gasteiger partial charge in [-0.1, -0.05) is 0 Å². The Morgan fingerprint density at radius 3 is 2.00 bits per heavy atom. The van der Waals surface area contributed by atoms with Gasteiger partial charge in [0, 0.05) is 18.1 Å². The largest absolute Gasteiger partial charge is 0.394 e. The van der Waals surface area contributed by atoms with Crippen LogP contribution in [0, 0.1) is 0 Å². The SMILES string of the molecule is CN[C@@H]1[C@@H](O)[C@@H](O[C@@H]2[C@@H](O)[C@H](O[C@H]3O[C@H]([C@H](C)N)CC[C@H]3N)[C@@H](N)C[C@H]2N)OC[C@]1(C)O.O=S(=O)(O)O. The Morgan fingerprint density at radius 1 is 1.00 bits per heavy atom. The number of hydrogen-bond donors (Lipinski definition) is 10. The second kappa shape index (κ2) is 13.2. The van der Waals surface area contributed by atoms with Crippen LogP contribution in [0.5, 0.6) is 0 Å². The molecule has 13 atom stereocenters. The normalized spacial score (nSPS) is 46.0. The summed E-state index contributed by atoms with van der Waals surface area (Å²) in [5, 5.41) is 35.0. The summed E-state index contributed by atoms with van der Waals surface area (Å²) in [4.78, 5) is 0. The smallest absolute Gasteiger partial charge is 0.388 e. The lowest BCUT2D eigenvalue weighted by atomic mass is 9.84. The van der Waals surface area contributed by atoms with Crippen molar-refractivity contribution in [1.82, 2.24) is 5.32 Å². The number of aliphatic hydroxyl groups excluding tert-OH is 2. The van der Waals surface area contributed by atoms with Gasteiger partial charge in [0.1, 0.15) is 30.0 Å². The fourth-order valence-corrected chi connectivity index (χ4v) is 4.87. The number of likely N-dealkylation sites (N-methyl/N-ethyl adjacent to an activating group) is 1. The molecule has 3 rings (SSSR count). The molecule has 37 heavy (non-hydrogen) atoms. The zero-order valence-electron chi connectivity index (χ0n) is 21.2. The molecular formula is C20H43N5O11S. The second-order valence-electron chi connectivity index (χ2n) is 10.1. The van der Waals surface area contributed by atoms with Crippen molar-refractivity contribution >= 4 is 10.4 Å². The monoisotopic (exact) mass is 561 g/mol. The van der Waals surface area contributed by atoms with Crippen molar-refractivity contribution in [2.75, 3.05) is 13.7 Å². The summed E-state index contributed by atoms with van der Waals surface area (Å²) in [5.41, 5.74) is 23.3. The van der Waals surface area contributed by atoms with Crippen molar-refractivity contribution in [3.8, 4) is 0 Å². The first kappa shape index (κ1) is 32.6. The minimum Gasteiger partial charge on any atom is -0.388 e. The molecule has 0 aromatic rings. The summed E-state index contributed by atoms with van der Waals surface area (Å²) in [6.07, 6.45) is -4.58. The van der Waals surface area contributed by atoms with Crippen molar-refractivity contribution in [3.63, 3.8) is 0 Å². The molecule has 1 aliphatic carbocycles. The predicted molar refractivity (Wildman–Crippen MR) is 129 cm³/mol. The third-order valence-corrected chi connectivity index (χ3v) is 6.81. The van der Waals surface area contributed by atoms with E-state index in [0.29, 0.717) is 12.8 Å². The summed E-state index contributed by atoms with van der Waals surface area (Å²) in [7, 11) is -3.04. The van der Waals surface area contributed by atoms with Crippen molar-refractivity contribution < 1.29 is 51.8 Å². The fraction of sp³-hybridized carbons (Fsp3) is 1.00. The molecule has 2 heterocycles. The highest BCUT2D eigenvalue weighted by Gasteiger charge is 2.50. The molecule has 17 heteroatoms. The molecule has 16 nitrogen and oxygen atoms in total. The highest BCUT2D eigenvalue weighted by atomic mass is 32.3. The average Bonchev–Trinajstić information content (AvgIpc) is 2.75. The lowest BCUT2D eigenvalue weighted by Gasteiger charge is -2.48. The van der Waals surface area contributed by atoms with Gasteiger partial charge in [0.25, 0.3) is 0 Å². The Bertz CT molecular complexity index is 815. The minimum absolute atomic E-state index is 0.0683. The van der Waals surface area contributed by atoms with E-state index in [1.807, 2.05) is 6.92 Å². The first-order valence-electron chi connectivity index (χ1n) is 12.0. The zero-order chi connectivity index (χ0) is 28.3. The van der Waals surface area contributed by atoms with Gasteiger partial charge in [-0.2, -0.15) is 8.42 Å². The van der Waals surface area contributed by atoms with E-state index in [-0.39, 0.29) is 24.8 Å². The summed E-state index contributed by atoms with van der Waals surface area (Å²) in [6.45, 7) is 3.34. The van der Waals surface area contributed by atoms with Crippen molar-refractivity contribution in [2.24, 2.45) is 22.9 Å². The molecule has 0 amide bonds. The van der Waals surface area contributed by atoms with Gasteiger partial charge in [-0.3, -0.25) is 9.11 Å². The van der Waals surface area contributed by atoms with Gasteiger partial charge >= 0.3 is 10.4 Å². The Labute approximate surface area is 216 Å². The molecule has 2 saturated heterocycles. The van der Waals surface area contributed by atoms with E-state index in [0.717, 1.165) is 6.42 Å². The van der Waals surface area contributed by atoms with Crippen LogP contribution in [0.15, 0.2) is 0 Å². The molecule has 0 radical (unpaired) electrons. The highest BCUT2D eigenvalue weighted by molar-refractivity contribution is 7.79. The molecular weight excluding hydrogens is 518 g/mol. The number of ether oxygens (including phenoxy) is 4. The average molecular weight is 562 g/mol. The van der Waals surface area contributed by atoms with Gasteiger partial charge in [0.05, 0.1) is 24.8 Å². The first-order chi connectivity index (χ1) is 17.0.